The Kier molecular flexibility index (Phi) is 5.94. The molecule has 0 amide bonds. The van der Waals surface area contributed by atoms with Gasteiger partial charge in [-0.25, -0.2) is 9.82 Å². The Bertz CT molecular complexity index is 778. The lowest BCUT2D eigenvalue weighted by molar-refractivity contribution is 0.556. The van der Waals surface area contributed by atoms with E-state index < -0.39 is 0 Å². The summed E-state index contributed by atoms with van der Waals surface area (Å²) in [6, 6.07) is 6.28. The second-order valence-corrected chi connectivity index (χ2v) is 7.28. The Morgan fingerprint density at radius 2 is 1.46 bits per heavy atom. The van der Waals surface area contributed by atoms with Gasteiger partial charge in [-0.15, -0.1) is 0 Å². The first-order valence-electron chi connectivity index (χ1n) is 10.1. The molecular formula is C20H26FN7. The fourth-order valence-corrected chi connectivity index (χ4v) is 3.63. The molecule has 4 rings (SSSR count). The molecule has 7 nitrogen and oxygen atoms in total. The summed E-state index contributed by atoms with van der Waals surface area (Å²) in [5.74, 6) is 1.55. The topological polar surface area (TPSA) is 69.5 Å². The second kappa shape index (κ2) is 8.95. The molecule has 1 aromatic carbocycles. The number of anilines is 3. The molecule has 148 valence electrons. The molecule has 0 spiro atoms. The van der Waals surface area contributed by atoms with Crippen LogP contribution in [0.1, 0.15) is 44.1 Å². The van der Waals surface area contributed by atoms with Crippen molar-refractivity contribution in [1.82, 2.24) is 15.0 Å². The lowest BCUT2D eigenvalue weighted by Gasteiger charge is -2.30. The summed E-state index contributed by atoms with van der Waals surface area (Å²) in [7, 11) is 0. The van der Waals surface area contributed by atoms with Crippen molar-refractivity contribution in [2.75, 3.05) is 41.4 Å². The zero-order chi connectivity index (χ0) is 19.2. The molecule has 28 heavy (non-hydrogen) atoms. The molecule has 2 saturated heterocycles. The van der Waals surface area contributed by atoms with E-state index in [1.807, 2.05) is 0 Å². The number of benzene rings is 1. The third-order valence-corrected chi connectivity index (χ3v) is 5.12. The van der Waals surface area contributed by atoms with Crippen molar-refractivity contribution < 1.29 is 4.39 Å². The molecule has 0 bridgehead atoms. The molecular weight excluding hydrogens is 357 g/mol. The highest BCUT2D eigenvalue weighted by molar-refractivity contribution is 5.79. The zero-order valence-electron chi connectivity index (χ0n) is 16.0. The fraction of sp³-hybridized carbons (Fsp3) is 0.500. The van der Waals surface area contributed by atoms with Crippen LogP contribution in [0.3, 0.4) is 0 Å². The Balaban J connectivity index is 1.55. The van der Waals surface area contributed by atoms with Crippen molar-refractivity contribution in [3.05, 3.63) is 35.6 Å². The number of hydrazone groups is 1. The number of hydrogen-bond donors (Lipinski definition) is 1. The lowest BCUT2D eigenvalue weighted by Crippen LogP contribution is -2.34. The van der Waals surface area contributed by atoms with E-state index >= 15 is 0 Å². The summed E-state index contributed by atoms with van der Waals surface area (Å²) < 4.78 is 13.3. The van der Waals surface area contributed by atoms with Gasteiger partial charge in [-0.1, -0.05) is 12.1 Å². The maximum atomic E-state index is 13.3. The van der Waals surface area contributed by atoms with E-state index in [2.05, 4.69) is 30.3 Å². The van der Waals surface area contributed by atoms with Gasteiger partial charge < -0.3 is 9.80 Å². The van der Waals surface area contributed by atoms with Crippen LogP contribution in [0.25, 0.3) is 0 Å². The van der Waals surface area contributed by atoms with Gasteiger partial charge in [0.05, 0.1) is 6.21 Å². The number of halogens is 1. The predicted molar refractivity (Wildman–Crippen MR) is 110 cm³/mol. The molecule has 2 aromatic rings. The summed E-state index contributed by atoms with van der Waals surface area (Å²) >= 11 is 0. The first kappa shape index (κ1) is 18.6. The number of nitrogens with one attached hydrogen (secondary N) is 1. The molecule has 0 atom stereocenters. The van der Waals surface area contributed by atoms with Crippen LogP contribution >= 0.6 is 0 Å². The Labute approximate surface area is 164 Å². The third-order valence-electron chi connectivity index (χ3n) is 5.12. The van der Waals surface area contributed by atoms with Crippen LogP contribution in [0, 0.1) is 5.82 Å². The molecule has 8 heteroatoms. The minimum Gasteiger partial charge on any atom is -0.341 e. The standard InChI is InChI=1S/C20H26FN7/c21-17-9-7-8-16(14-17)15-22-26-18-23-19(27-10-3-1-4-11-27)25-20(24-18)28-12-5-2-6-13-28/h7-9,14-15H,1-6,10-13H2,(H,23,24,25,26)/b22-15+. The monoisotopic (exact) mass is 383 g/mol. The van der Waals surface area contributed by atoms with Gasteiger partial charge in [0.15, 0.2) is 0 Å². The molecule has 2 aliphatic rings. The summed E-state index contributed by atoms with van der Waals surface area (Å²) in [4.78, 5) is 18.3. The molecule has 0 radical (unpaired) electrons. The quantitative estimate of drug-likeness (QED) is 0.630. The van der Waals surface area contributed by atoms with Crippen LogP contribution in [-0.2, 0) is 0 Å². The number of nitrogens with zero attached hydrogens (tertiary/aromatic N) is 6. The molecule has 0 saturated carbocycles. The van der Waals surface area contributed by atoms with Gasteiger partial charge in [0.1, 0.15) is 5.82 Å². The van der Waals surface area contributed by atoms with Gasteiger partial charge in [0.2, 0.25) is 17.8 Å². The molecule has 2 aliphatic heterocycles. The van der Waals surface area contributed by atoms with Gasteiger partial charge in [-0.3, -0.25) is 0 Å². The normalized spacial score (nSPS) is 17.9. The van der Waals surface area contributed by atoms with Gasteiger partial charge in [-0.2, -0.15) is 20.1 Å². The number of piperidine rings is 2. The van der Waals surface area contributed by atoms with Crippen LogP contribution in [-0.4, -0.2) is 47.3 Å². The maximum Gasteiger partial charge on any atom is 0.250 e. The van der Waals surface area contributed by atoms with Crippen molar-refractivity contribution in [1.29, 1.82) is 0 Å². The number of rotatable bonds is 5. The lowest BCUT2D eigenvalue weighted by atomic mass is 10.1. The minimum absolute atomic E-state index is 0.288. The first-order valence-corrected chi connectivity index (χ1v) is 10.1. The predicted octanol–water partition coefficient (Wildman–Crippen LogP) is 3.44. The smallest absolute Gasteiger partial charge is 0.250 e. The fourth-order valence-electron chi connectivity index (χ4n) is 3.63. The van der Waals surface area contributed by atoms with Crippen molar-refractivity contribution >= 4 is 24.1 Å². The molecule has 1 N–H and O–H groups in total. The van der Waals surface area contributed by atoms with Gasteiger partial charge in [-0.05, 0) is 56.2 Å². The average molecular weight is 383 g/mol. The van der Waals surface area contributed by atoms with Crippen LogP contribution in [0.15, 0.2) is 29.4 Å². The van der Waals surface area contributed by atoms with Gasteiger partial charge >= 0.3 is 0 Å². The summed E-state index contributed by atoms with van der Waals surface area (Å²) in [6.07, 6.45) is 8.70. The first-order chi connectivity index (χ1) is 13.8. The SMILES string of the molecule is Fc1cccc(/C=N/Nc2nc(N3CCCCC3)nc(N3CCCCC3)n2)c1. The van der Waals surface area contributed by atoms with E-state index in [4.69, 9.17) is 4.98 Å². The van der Waals surface area contributed by atoms with Crippen molar-refractivity contribution in [2.24, 2.45) is 5.10 Å². The van der Waals surface area contributed by atoms with Crippen LogP contribution < -0.4 is 15.2 Å². The van der Waals surface area contributed by atoms with Crippen molar-refractivity contribution in [3.8, 4) is 0 Å². The Hall–Kier alpha value is -2.77. The van der Waals surface area contributed by atoms with Crippen LogP contribution in [0.2, 0.25) is 0 Å². The van der Waals surface area contributed by atoms with E-state index in [-0.39, 0.29) is 5.82 Å². The largest absolute Gasteiger partial charge is 0.341 e. The molecule has 2 fully saturated rings. The molecule has 0 unspecified atom stereocenters. The highest BCUT2D eigenvalue weighted by atomic mass is 19.1. The highest BCUT2D eigenvalue weighted by Crippen LogP contribution is 2.22. The van der Waals surface area contributed by atoms with E-state index in [1.54, 1.807) is 18.3 Å². The second-order valence-electron chi connectivity index (χ2n) is 7.28. The number of aromatic nitrogens is 3. The summed E-state index contributed by atoms with van der Waals surface area (Å²) in [6.45, 7) is 3.87. The van der Waals surface area contributed by atoms with Crippen molar-refractivity contribution in [3.63, 3.8) is 0 Å². The summed E-state index contributed by atoms with van der Waals surface area (Å²) in [5.41, 5.74) is 3.58. The van der Waals surface area contributed by atoms with E-state index in [0.29, 0.717) is 23.4 Å². The van der Waals surface area contributed by atoms with E-state index in [0.717, 1.165) is 51.9 Å². The van der Waals surface area contributed by atoms with Gasteiger partial charge in [0, 0.05) is 26.2 Å². The summed E-state index contributed by atoms with van der Waals surface area (Å²) in [5, 5.41) is 4.19. The number of hydrogen-bond acceptors (Lipinski definition) is 7. The maximum absolute atomic E-state index is 13.3. The molecule has 0 aliphatic carbocycles. The molecule has 1 aromatic heterocycles. The minimum atomic E-state index is -0.288. The van der Waals surface area contributed by atoms with E-state index in [9.17, 15) is 4.39 Å². The Morgan fingerprint density at radius 3 is 2.04 bits per heavy atom. The van der Waals surface area contributed by atoms with Crippen molar-refractivity contribution in [2.45, 2.75) is 38.5 Å². The van der Waals surface area contributed by atoms with E-state index in [1.165, 1.54) is 25.0 Å². The highest BCUT2D eigenvalue weighted by Gasteiger charge is 2.20. The zero-order valence-corrected chi connectivity index (χ0v) is 16.0. The third kappa shape index (κ3) is 4.74. The van der Waals surface area contributed by atoms with Crippen LogP contribution in [0.4, 0.5) is 22.2 Å². The van der Waals surface area contributed by atoms with Gasteiger partial charge in [0.25, 0.3) is 0 Å². The average Bonchev–Trinajstić information content (AvgIpc) is 2.75. The Morgan fingerprint density at radius 1 is 0.857 bits per heavy atom. The van der Waals surface area contributed by atoms with Crippen LogP contribution in [0.5, 0.6) is 0 Å². The molecule has 3 heterocycles.